The second kappa shape index (κ2) is 9.29. The molecule has 0 saturated heterocycles. The van der Waals surface area contributed by atoms with Crippen LogP contribution in [0.5, 0.6) is 17.2 Å². The largest absolute Gasteiger partial charge is 0.497 e. The quantitative estimate of drug-likeness (QED) is 0.649. The Balaban J connectivity index is 1.69. The maximum atomic E-state index is 12.7. The molecule has 0 aliphatic rings. The first-order chi connectivity index (χ1) is 14.1. The van der Waals surface area contributed by atoms with Crippen LogP contribution in [0.3, 0.4) is 0 Å². The number of hydrogen-bond acceptors (Lipinski definition) is 5. The Labute approximate surface area is 169 Å². The van der Waals surface area contributed by atoms with Crippen LogP contribution < -0.4 is 19.5 Å². The third kappa shape index (κ3) is 5.05. The highest BCUT2D eigenvalue weighted by Crippen LogP contribution is 2.26. The maximum Gasteiger partial charge on any atom is 0.259 e. The topological polar surface area (TPSA) is 80.6 Å². The van der Waals surface area contributed by atoms with Crippen molar-refractivity contribution in [3.63, 3.8) is 0 Å². The van der Waals surface area contributed by atoms with E-state index < -0.39 is 0 Å². The van der Waals surface area contributed by atoms with Gasteiger partial charge >= 0.3 is 0 Å². The van der Waals surface area contributed by atoms with Gasteiger partial charge in [0.2, 0.25) is 0 Å². The molecule has 0 bridgehead atoms. The van der Waals surface area contributed by atoms with Crippen LogP contribution in [0, 0.1) is 11.3 Å². The van der Waals surface area contributed by atoms with Gasteiger partial charge in [0.05, 0.1) is 31.4 Å². The minimum absolute atomic E-state index is 0.302. The van der Waals surface area contributed by atoms with Crippen molar-refractivity contribution in [2.24, 2.45) is 0 Å². The lowest BCUT2D eigenvalue weighted by atomic mass is 10.1. The number of nitrogens with one attached hydrogen (secondary N) is 1. The molecule has 3 rings (SSSR count). The summed E-state index contributed by atoms with van der Waals surface area (Å²) in [7, 11) is 3.05. The minimum Gasteiger partial charge on any atom is -0.497 e. The normalized spacial score (nSPS) is 9.97. The number of methoxy groups -OCH3 is 2. The van der Waals surface area contributed by atoms with E-state index in [1.807, 2.05) is 12.1 Å². The number of anilines is 1. The van der Waals surface area contributed by atoms with E-state index in [1.165, 1.54) is 7.11 Å². The van der Waals surface area contributed by atoms with Crippen LogP contribution in [-0.2, 0) is 6.61 Å². The summed E-state index contributed by atoms with van der Waals surface area (Å²) in [5.74, 6) is 1.33. The molecule has 3 aromatic rings. The number of rotatable bonds is 7. The Hall–Kier alpha value is -3.98. The van der Waals surface area contributed by atoms with Gasteiger partial charge in [-0.2, -0.15) is 5.26 Å². The highest BCUT2D eigenvalue weighted by atomic mass is 16.5. The maximum absolute atomic E-state index is 12.7. The third-order valence-corrected chi connectivity index (χ3v) is 4.21. The van der Waals surface area contributed by atoms with Crippen LogP contribution in [-0.4, -0.2) is 20.1 Å². The predicted octanol–water partition coefficient (Wildman–Crippen LogP) is 4.41. The standard InChI is InChI=1S/C23H20N2O4/c1-27-19-9-10-21(22(13-19)28-2)23(26)25-18-7-4-8-20(12-18)29-15-17-6-3-5-16(11-17)14-24/h3-13H,15H2,1-2H3,(H,25,26). The van der Waals surface area contributed by atoms with Gasteiger partial charge < -0.3 is 19.5 Å². The summed E-state index contributed by atoms with van der Waals surface area (Å²) in [4.78, 5) is 12.7. The molecule has 0 spiro atoms. The fraction of sp³-hybridized carbons (Fsp3) is 0.130. The SMILES string of the molecule is COc1ccc(C(=O)Nc2cccc(OCc3cccc(C#N)c3)c2)c(OC)c1. The van der Waals surface area contributed by atoms with Gasteiger partial charge in [-0.25, -0.2) is 0 Å². The molecule has 0 radical (unpaired) electrons. The molecule has 0 aromatic heterocycles. The van der Waals surface area contributed by atoms with Crippen molar-refractivity contribution >= 4 is 11.6 Å². The summed E-state index contributed by atoms with van der Waals surface area (Å²) in [5.41, 5.74) is 2.46. The molecular formula is C23H20N2O4. The molecule has 146 valence electrons. The van der Waals surface area contributed by atoms with Crippen molar-refractivity contribution in [1.29, 1.82) is 5.26 Å². The lowest BCUT2D eigenvalue weighted by Gasteiger charge is -2.12. The van der Waals surface area contributed by atoms with Gasteiger partial charge in [-0.3, -0.25) is 4.79 Å². The van der Waals surface area contributed by atoms with Crippen molar-refractivity contribution in [3.05, 3.63) is 83.4 Å². The number of nitrogens with zero attached hydrogens (tertiary/aromatic N) is 1. The summed E-state index contributed by atoms with van der Waals surface area (Å²) in [5, 5.41) is 11.8. The van der Waals surface area contributed by atoms with Gasteiger partial charge in [-0.1, -0.05) is 18.2 Å². The van der Waals surface area contributed by atoms with Crippen molar-refractivity contribution in [2.45, 2.75) is 6.61 Å². The second-order valence-electron chi connectivity index (χ2n) is 6.15. The number of ether oxygens (including phenoxy) is 3. The third-order valence-electron chi connectivity index (χ3n) is 4.21. The Morgan fingerprint density at radius 2 is 1.79 bits per heavy atom. The highest BCUT2D eigenvalue weighted by molar-refractivity contribution is 6.06. The van der Waals surface area contributed by atoms with Crippen molar-refractivity contribution in [2.75, 3.05) is 19.5 Å². The van der Waals surface area contributed by atoms with Crippen molar-refractivity contribution in [3.8, 4) is 23.3 Å². The van der Waals surface area contributed by atoms with E-state index in [1.54, 1.807) is 61.7 Å². The number of hydrogen-bond donors (Lipinski definition) is 1. The zero-order chi connectivity index (χ0) is 20.6. The second-order valence-corrected chi connectivity index (χ2v) is 6.15. The van der Waals surface area contributed by atoms with Crippen LogP contribution in [0.4, 0.5) is 5.69 Å². The fourth-order valence-electron chi connectivity index (χ4n) is 2.75. The number of carbonyl (C=O) groups excluding carboxylic acids is 1. The Bertz CT molecular complexity index is 1060. The number of amides is 1. The molecule has 0 aliphatic heterocycles. The summed E-state index contributed by atoms with van der Waals surface area (Å²) >= 11 is 0. The monoisotopic (exact) mass is 388 g/mol. The molecule has 1 amide bonds. The van der Waals surface area contributed by atoms with E-state index in [2.05, 4.69) is 11.4 Å². The average molecular weight is 388 g/mol. The van der Waals surface area contributed by atoms with Crippen LogP contribution in [0.1, 0.15) is 21.5 Å². The molecule has 0 unspecified atom stereocenters. The van der Waals surface area contributed by atoms with Gasteiger partial charge in [0.25, 0.3) is 5.91 Å². The predicted molar refractivity (Wildman–Crippen MR) is 109 cm³/mol. The lowest BCUT2D eigenvalue weighted by molar-refractivity contribution is 0.102. The molecule has 0 fully saturated rings. The van der Waals surface area contributed by atoms with E-state index in [0.717, 1.165) is 5.56 Å². The highest BCUT2D eigenvalue weighted by Gasteiger charge is 2.14. The molecule has 6 nitrogen and oxygen atoms in total. The van der Waals surface area contributed by atoms with Gasteiger partial charge in [0.1, 0.15) is 23.9 Å². The van der Waals surface area contributed by atoms with Crippen molar-refractivity contribution < 1.29 is 19.0 Å². The summed E-state index contributed by atoms with van der Waals surface area (Å²) < 4.78 is 16.2. The van der Waals surface area contributed by atoms with Gasteiger partial charge in [-0.15, -0.1) is 0 Å². The first kappa shape index (κ1) is 19.8. The Morgan fingerprint density at radius 1 is 0.966 bits per heavy atom. The molecular weight excluding hydrogens is 368 g/mol. The van der Waals surface area contributed by atoms with Crippen LogP contribution in [0.2, 0.25) is 0 Å². The number of benzene rings is 3. The summed E-state index contributed by atoms with van der Waals surface area (Å²) in [6.07, 6.45) is 0. The molecule has 29 heavy (non-hydrogen) atoms. The molecule has 1 N–H and O–H groups in total. The van der Waals surface area contributed by atoms with E-state index in [9.17, 15) is 4.79 Å². The van der Waals surface area contributed by atoms with Gasteiger partial charge in [0.15, 0.2) is 0 Å². The Kier molecular flexibility index (Phi) is 6.33. The summed E-state index contributed by atoms with van der Waals surface area (Å²) in [6.45, 7) is 0.319. The van der Waals surface area contributed by atoms with E-state index in [0.29, 0.717) is 40.7 Å². The zero-order valence-corrected chi connectivity index (χ0v) is 16.1. The minimum atomic E-state index is -0.302. The van der Waals surface area contributed by atoms with Gasteiger partial charge in [-0.05, 0) is 42.0 Å². The molecule has 0 saturated carbocycles. The number of carbonyl (C=O) groups is 1. The molecule has 3 aromatic carbocycles. The van der Waals surface area contributed by atoms with E-state index in [4.69, 9.17) is 19.5 Å². The van der Waals surface area contributed by atoms with Crippen LogP contribution in [0.25, 0.3) is 0 Å². The average Bonchev–Trinajstić information content (AvgIpc) is 2.77. The van der Waals surface area contributed by atoms with Gasteiger partial charge in [0, 0.05) is 17.8 Å². The van der Waals surface area contributed by atoms with E-state index in [-0.39, 0.29) is 5.91 Å². The Morgan fingerprint density at radius 3 is 2.55 bits per heavy atom. The van der Waals surface area contributed by atoms with Crippen LogP contribution >= 0.6 is 0 Å². The van der Waals surface area contributed by atoms with Crippen molar-refractivity contribution in [1.82, 2.24) is 0 Å². The first-order valence-electron chi connectivity index (χ1n) is 8.88. The zero-order valence-electron chi connectivity index (χ0n) is 16.1. The first-order valence-corrected chi connectivity index (χ1v) is 8.88. The fourth-order valence-corrected chi connectivity index (χ4v) is 2.75. The molecule has 0 atom stereocenters. The molecule has 0 heterocycles. The lowest BCUT2D eigenvalue weighted by Crippen LogP contribution is -2.13. The smallest absolute Gasteiger partial charge is 0.259 e. The van der Waals surface area contributed by atoms with Crippen LogP contribution in [0.15, 0.2) is 66.7 Å². The molecule has 0 aliphatic carbocycles. The molecule has 6 heteroatoms. The summed E-state index contributed by atoms with van der Waals surface area (Å²) in [6, 6.07) is 21.5. The van der Waals surface area contributed by atoms with E-state index >= 15 is 0 Å². The number of nitriles is 1.